The predicted molar refractivity (Wildman–Crippen MR) is 203 cm³/mol. The lowest BCUT2D eigenvalue weighted by molar-refractivity contribution is 0.632. The minimum atomic E-state index is -0.0749. The monoisotopic (exact) mass is 603 g/mol. The number of hydrogen-bond donors (Lipinski definition) is 0. The number of anilines is 3. The summed E-state index contributed by atoms with van der Waals surface area (Å²) in [6, 6.07) is 46.8. The fourth-order valence-electron chi connectivity index (χ4n) is 7.39. The third-order valence-corrected chi connectivity index (χ3v) is 9.75. The topological polar surface area (TPSA) is 3.24 Å². The van der Waals surface area contributed by atoms with Crippen molar-refractivity contribution in [3.05, 3.63) is 198 Å². The molecule has 0 aromatic heterocycles. The van der Waals surface area contributed by atoms with Gasteiger partial charge in [-0.15, -0.1) is 0 Å². The highest BCUT2D eigenvalue weighted by molar-refractivity contribution is 6.12. The van der Waals surface area contributed by atoms with Crippen LogP contribution in [0, 0.1) is 0 Å². The van der Waals surface area contributed by atoms with Gasteiger partial charge in [-0.1, -0.05) is 148 Å². The Balaban J connectivity index is 1.24. The van der Waals surface area contributed by atoms with Crippen molar-refractivity contribution in [3.8, 4) is 0 Å². The number of benzene rings is 6. The number of allylic oxidation sites excluding steroid dienone is 9. The number of rotatable bonds is 3. The van der Waals surface area contributed by atoms with Gasteiger partial charge in [0.1, 0.15) is 0 Å². The van der Waals surface area contributed by atoms with E-state index in [9.17, 15) is 0 Å². The average Bonchev–Trinajstić information content (AvgIpc) is 3.11. The fourth-order valence-corrected chi connectivity index (χ4v) is 7.39. The van der Waals surface area contributed by atoms with Crippen molar-refractivity contribution in [3.63, 3.8) is 0 Å². The molecule has 0 amide bonds. The van der Waals surface area contributed by atoms with E-state index in [1.165, 1.54) is 72.0 Å². The second kappa shape index (κ2) is 11.6. The Kier molecular flexibility index (Phi) is 7.11. The molecule has 1 nitrogen and oxygen atoms in total. The summed E-state index contributed by atoms with van der Waals surface area (Å²) in [4.78, 5) is 2.43. The minimum Gasteiger partial charge on any atom is -0.310 e. The summed E-state index contributed by atoms with van der Waals surface area (Å²) in [6.45, 7) is 8.99. The van der Waals surface area contributed by atoms with Crippen LogP contribution < -0.4 is 4.90 Å². The molecule has 1 aliphatic carbocycles. The minimum absolute atomic E-state index is 0.0749. The van der Waals surface area contributed by atoms with Gasteiger partial charge in [-0.2, -0.15) is 0 Å². The Morgan fingerprint density at radius 1 is 0.596 bits per heavy atom. The lowest BCUT2D eigenvalue weighted by Crippen LogP contribution is -2.30. The molecule has 226 valence electrons. The first-order chi connectivity index (χ1) is 23.0. The molecule has 2 aliphatic rings. The highest BCUT2D eigenvalue weighted by atomic mass is 15.2. The van der Waals surface area contributed by atoms with E-state index >= 15 is 0 Å². The molecule has 0 radical (unpaired) electrons. The predicted octanol–water partition coefficient (Wildman–Crippen LogP) is 12.6. The van der Waals surface area contributed by atoms with Crippen LogP contribution in [0.4, 0.5) is 17.1 Å². The van der Waals surface area contributed by atoms with Crippen LogP contribution in [0.3, 0.4) is 0 Å². The van der Waals surface area contributed by atoms with E-state index < -0.39 is 0 Å². The molecule has 6 aromatic carbocycles. The molecule has 0 saturated heterocycles. The summed E-state index contributed by atoms with van der Waals surface area (Å²) in [7, 11) is 0. The summed E-state index contributed by atoms with van der Waals surface area (Å²) in [5.74, 6) is 0. The van der Waals surface area contributed by atoms with Gasteiger partial charge in [0.15, 0.2) is 0 Å². The maximum absolute atomic E-state index is 4.32. The number of para-hydroxylation sites is 2. The molecule has 0 bridgehead atoms. The molecule has 0 N–H and O–H groups in total. The SMILES string of the molecule is C=C1C=C(c2ccccc2)/C(c2ccc3c(ccc4cc(N5c6ccccc6C(C)(C)c6ccccc65)ccc43)c2)=C\C/C=C\C=C/1. The molecule has 47 heavy (non-hydrogen) atoms. The van der Waals surface area contributed by atoms with Crippen LogP contribution in [-0.2, 0) is 5.41 Å². The number of hydrogen-bond acceptors (Lipinski definition) is 1. The van der Waals surface area contributed by atoms with Crippen molar-refractivity contribution in [1.82, 2.24) is 0 Å². The largest absolute Gasteiger partial charge is 0.310 e. The van der Waals surface area contributed by atoms with Crippen LogP contribution in [0.15, 0.2) is 176 Å². The molecule has 0 atom stereocenters. The third-order valence-electron chi connectivity index (χ3n) is 9.75. The van der Waals surface area contributed by atoms with E-state index in [1.807, 2.05) is 0 Å². The van der Waals surface area contributed by atoms with Crippen LogP contribution >= 0.6 is 0 Å². The Labute approximate surface area is 277 Å². The van der Waals surface area contributed by atoms with Gasteiger partial charge in [0.25, 0.3) is 0 Å². The molecular weight excluding hydrogens is 567 g/mol. The van der Waals surface area contributed by atoms with Gasteiger partial charge in [-0.3, -0.25) is 0 Å². The summed E-state index contributed by atoms with van der Waals surface area (Å²) in [5.41, 5.74) is 12.1. The molecule has 0 fully saturated rings. The highest BCUT2D eigenvalue weighted by Crippen LogP contribution is 2.52. The molecular formula is C46H37N. The lowest BCUT2D eigenvalue weighted by atomic mass is 9.73. The van der Waals surface area contributed by atoms with Crippen LogP contribution in [0.5, 0.6) is 0 Å². The van der Waals surface area contributed by atoms with Crippen LogP contribution in [0.25, 0.3) is 32.7 Å². The summed E-state index contributed by atoms with van der Waals surface area (Å²) in [6.07, 6.45) is 13.8. The highest BCUT2D eigenvalue weighted by Gasteiger charge is 2.36. The van der Waals surface area contributed by atoms with E-state index in [1.54, 1.807) is 0 Å². The maximum Gasteiger partial charge on any atom is 0.0502 e. The zero-order chi connectivity index (χ0) is 32.0. The van der Waals surface area contributed by atoms with Gasteiger partial charge in [-0.25, -0.2) is 0 Å². The van der Waals surface area contributed by atoms with Crippen molar-refractivity contribution in [2.75, 3.05) is 4.90 Å². The number of nitrogens with zero attached hydrogens (tertiary/aromatic N) is 1. The second-order valence-electron chi connectivity index (χ2n) is 13.0. The molecule has 1 aliphatic heterocycles. The van der Waals surface area contributed by atoms with Gasteiger partial charge in [0.05, 0.1) is 11.4 Å². The third kappa shape index (κ3) is 5.05. The Morgan fingerprint density at radius 2 is 1.23 bits per heavy atom. The van der Waals surface area contributed by atoms with Crippen molar-refractivity contribution < 1.29 is 0 Å². The van der Waals surface area contributed by atoms with Crippen LogP contribution in [-0.4, -0.2) is 0 Å². The first-order valence-corrected chi connectivity index (χ1v) is 16.4. The van der Waals surface area contributed by atoms with Crippen LogP contribution in [0.2, 0.25) is 0 Å². The average molecular weight is 604 g/mol. The zero-order valence-corrected chi connectivity index (χ0v) is 26.9. The molecule has 0 spiro atoms. The van der Waals surface area contributed by atoms with E-state index in [4.69, 9.17) is 0 Å². The summed E-state index contributed by atoms with van der Waals surface area (Å²) < 4.78 is 0. The lowest BCUT2D eigenvalue weighted by Gasteiger charge is -2.42. The maximum atomic E-state index is 4.32. The van der Waals surface area contributed by atoms with Gasteiger partial charge in [0.2, 0.25) is 0 Å². The van der Waals surface area contributed by atoms with Crippen molar-refractivity contribution in [2.24, 2.45) is 0 Å². The van der Waals surface area contributed by atoms with Gasteiger partial charge in [0, 0.05) is 11.1 Å². The first kappa shape index (κ1) is 28.8. The Hall–Kier alpha value is -5.66. The molecule has 1 heterocycles. The molecule has 0 unspecified atom stereocenters. The van der Waals surface area contributed by atoms with Gasteiger partial charge in [-0.05, 0) is 103 Å². The summed E-state index contributed by atoms with van der Waals surface area (Å²) >= 11 is 0. The Morgan fingerprint density at radius 3 is 1.96 bits per heavy atom. The van der Waals surface area contributed by atoms with Crippen molar-refractivity contribution in [1.29, 1.82) is 0 Å². The molecule has 6 aromatic rings. The fraction of sp³-hybridized carbons (Fsp3) is 0.0870. The van der Waals surface area contributed by atoms with Gasteiger partial charge < -0.3 is 4.90 Å². The summed E-state index contributed by atoms with van der Waals surface area (Å²) in [5, 5.41) is 4.99. The standard InChI is InChI=1S/C46H37N/c1-32-15-7-4-5-10-18-38(41(29-32)33-16-8-6-9-17-33)35-25-27-39-34(30-35)23-24-36-31-37(26-28-40(36)39)47-44-21-13-11-19-42(44)46(2,3)43-20-12-14-22-45(43)47/h4-9,11-31H,1,10H2,2-3H3/b5-4-,15-7-,38-18-,41-29?. The normalized spacial score (nSPS) is 18.1. The molecule has 0 saturated carbocycles. The Bertz CT molecular complexity index is 2260. The zero-order valence-electron chi connectivity index (χ0n) is 26.9. The second-order valence-corrected chi connectivity index (χ2v) is 13.0. The van der Waals surface area contributed by atoms with E-state index in [-0.39, 0.29) is 5.41 Å². The quantitative estimate of drug-likeness (QED) is 0.182. The number of fused-ring (bicyclic) bond motifs is 5. The van der Waals surface area contributed by atoms with E-state index in [2.05, 4.69) is 189 Å². The first-order valence-electron chi connectivity index (χ1n) is 16.4. The van der Waals surface area contributed by atoms with Crippen molar-refractivity contribution >= 4 is 49.8 Å². The van der Waals surface area contributed by atoms with Crippen molar-refractivity contribution in [2.45, 2.75) is 25.7 Å². The van der Waals surface area contributed by atoms with Gasteiger partial charge >= 0.3 is 0 Å². The smallest absolute Gasteiger partial charge is 0.0502 e. The van der Waals surface area contributed by atoms with Crippen LogP contribution in [0.1, 0.15) is 42.5 Å². The van der Waals surface area contributed by atoms with E-state index in [0.717, 1.165) is 12.0 Å². The molecule has 8 rings (SSSR count). The molecule has 1 heteroatoms. The van der Waals surface area contributed by atoms with E-state index in [0.29, 0.717) is 0 Å².